The van der Waals surface area contributed by atoms with Gasteiger partial charge >= 0.3 is 5.97 Å². The van der Waals surface area contributed by atoms with Crippen molar-refractivity contribution in [2.75, 3.05) is 0 Å². The molecule has 0 rings (SSSR count). The van der Waals surface area contributed by atoms with Crippen molar-refractivity contribution in [2.24, 2.45) is 0 Å². The van der Waals surface area contributed by atoms with Crippen LogP contribution in [0.15, 0.2) is 23.8 Å². The predicted octanol–water partition coefficient (Wildman–Crippen LogP) is 2.37. The van der Waals surface area contributed by atoms with Crippen LogP contribution in [0.5, 0.6) is 0 Å². The van der Waals surface area contributed by atoms with Crippen LogP contribution in [0.2, 0.25) is 0 Å². The Morgan fingerprint density at radius 3 is 2.64 bits per heavy atom. The van der Waals surface area contributed by atoms with Crippen molar-refractivity contribution in [1.29, 1.82) is 0 Å². The Hall–Kier alpha value is -1.05. The van der Waals surface area contributed by atoms with E-state index in [2.05, 4.69) is 13.0 Å². The van der Waals surface area contributed by atoms with E-state index in [9.17, 15) is 4.79 Å². The average Bonchev–Trinajstić information content (AvgIpc) is 1.87. The first-order valence-electron chi connectivity index (χ1n) is 3.72. The number of rotatable bonds is 4. The lowest BCUT2D eigenvalue weighted by Gasteiger charge is -1.88. The van der Waals surface area contributed by atoms with E-state index in [1.165, 1.54) is 0 Å². The van der Waals surface area contributed by atoms with Crippen molar-refractivity contribution in [3.8, 4) is 0 Å². The summed E-state index contributed by atoms with van der Waals surface area (Å²) in [6.07, 6.45) is 6.64. The van der Waals surface area contributed by atoms with Crippen molar-refractivity contribution in [2.45, 2.75) is 26.7 Å². The predicted molar refractivity (Wildman–Crippen MR) is 45.4 cm³/mol. The molecule has 0 saturated carbocycles. The van der Waals surface area contributed by atoms with E-state index in [0.717, 1.165) is 12.0 Å². The first-order valence-corrected chi connectivity index (χ1v) is 3.72. The van der Waals surface area contributed by atoms with Gasteiger partial charge in [0, 0.05) is 0 Å². The van der Waals surface area contributed by atoms with Crippen LogP contribution in [0.4, 0.5) is 0 Å². The zero-order chi connectivity index (χ0) is 8.69. The van der Waals surface area contributed by atoms with Gasteiger partial charge in [-0.2, -0.15) is 0 Å². The van der Waals surface area contributed by atoms with E-state index in [1.807, 2.05) is 13.0 Å². The van der Waals surface area contributed by atoms with Gasteiger partial charge in [0.2, 0.25) is 0 Å². The smallest absolute Gasteiger partial charge is 0.307 e. The van der Waals surface area contributed by atoms with Crippen molar-refractivity contribution >= 4 is 5.97 Å². The van der Waals surface area contributed by atoms with Crippen LogP contribution in [-0.4, -0.2) is 11.1 Å². The Labute approximate surface area is 67.2 Å². The maximum atomic E-state index is 10.1. The SMILES string of the molecule is CC/C=C(C)\C=C/CC(=O)O. The number of allylic oxidation sites excluding steroid dienone is 3. The molecule has 62 valence electrons. The van der Waals surface area contributed by atoms with E-state index in [0.29, 0.717) is 0 Å². The van der Waals surface area contributed by atoms with Crippen molar-refractivity contribution in [3.63, 3.8) is 0 Å². The third kappa shape index (κ3) is 6.84. The lowest BCUT2D eigenvalue weighted by Crippen LogP contribution is -1.89. The molecule has 0 aromatic heterocycles. The second-order valence-corrected chi connectivity index (χ2v) is 2.36. The third-order valence-corrected chi connectivity index (χ3v) is 1.20. The number of carbonyl (C=O) groups is 1. The summed E-state index contributed by atoms with van der Waals surface area (Å²) in [5.41, 5.74) is 1.12. The summed E-state index contributed by atoms with van der Waals surface area (Å²) < 4.78 is 0. The number of hydrogen-bond acceptors (Lipinski definition) is 1. The standard InChI is InChI=1S/C9H14O2/c1-3-5-8(2)6-4-7-9(10)11/h4-6H,3,7H2,1-2H3,(H,10,11)/b6-4-,8-5-. The molecule has 0 bridgehead atoms. The molecular formula is C9H14O2. The number of hydrogen-bond donors (Lipinski definition) is 1. The number of carboxylic acids is 1. The fraction of sp³-hybridized carbons (Fsp3) is 0.444. The minimum absolute atomic E-state index is 0.106. The third-order valence-electron chi connectivity index (χ3n) is 1.20. The van der Waals surface area contributed by atoms with Gasteiger partial charge in [-0.3, -0.25) is 4.79 Å². The van der Waals surface area contributed by atoms with E-state index in [4.69, 9.17) is 5.11 Å². The Kier molecular flexibility index (Phi) is 5.17. The van der Waals surface area contributed by atoms with E-state index < -0.39 is 5.97 Å². The molecule has 11 heavy (non-hydrogen) atoms. The Morgan fingerprint density at radius 2 is 2.18 bits per heavy atom. The van der Waals surface area contributed by atoms with Gasteiger partial charge in [0.1, 0.15) is 0 Å². The molecule has 0 aromatic carbocycles. The van der Waals surface area contributed by atoms with Gasteiger partial charge < -0.3 is 5.11 Å². The maximum Gasteiger partial charge on any atom is 0.307 e. The highest BCUT2D eigenvalue weighted by atomic mass is 16.4. The molecule has 2 heteroatoms. The van der Waals surface area contributed by atoms with Crippen LogP contribution < -0.4 is 0 Å². The van der Waals surface area contributed by atoms with Crippen LogP contribution in [0.25, 0.3) is 0 Å². The number of aliphatic carboxylic acids is 1. The molecule has 0 saturated heterocycles. The summed E-state index contributed by atoms with van der Waals surface area (Å²) in [6, 6.07) is 0. The average molecular weight is 154 g/mol. The molecule has 0 amide bonds. The summed E-state index contributed by atoms with van der Waals surface area (Å²) >= 11 is 0. The minimum Gasteiger partial charge on any atom is -0.481 e. The summed E-state index contributed by atoms with van der Waals surface area (Å²) in [5, 5.41) is 8.29. The normalized spacial score (nSPS) is 12.4. The first-order chi connectivity index (χ1) is 5.16. The van der Waals surface area contributed by atoms with Gasteiger partial charge in [-0.1, -0.05) is 30.7 Å². The highest BCUT2D eigenvalue weighted by Crippen LogP contribution is 1.97. The highest BCUT2D eigenvalue weighted by molar-refractivity contribution is 5.68. The van der Waals surface area contributed by atoms with Crippen LogP contribution in [-0.2, 0) is 4.79 Å². The molecule has 0 atom stereocenters. The van der Waals surface area contributed by atoms with Gasteiger partial charge in [-0.15, -0.1) is 0 Å². The molecule has 0 unspecified atom stereocenters. The second kappa shape index (κ2) is 5.71. The lowest BCUT2D eigenvalue weighted by atomic mass is 10.2. The summed E-state index contributed by atoms with van der Waals surface area (Å²) in [5.74, 6) is -0.787. The first kappa shape index (κ1) is 9.95. The van der Waals surface area contributed by atoms with Crippen LogP contribution in [0, 0.1) is 0 Å². The zero-order valence-electron chi connectivity index (χ0n) is 7.00. The van der Waals surface area contributed by atoms with E-state index in [-0.39, 0.29) is 6.42 Å². The van der Waals surface area contributed by atoms with E-state index >= 15 is 0 Å². The van der Waals surface area contributed by atoms with Crippen LogP contribution in [0.1, 0.15) is 26.7 Å². The fourth-order valence-corrected chi connectivity index (χ4v) is 0.736. The van der Waals surface area contributed by atoms with Gasteiger partial charge in [0.15, 0.2) is 0 Å². The summed E-state index contributed by atoms with van der Waals surface area (Å²) in [6.45, 7) is 4.01. The van der Waals surface area contributed by atoms with Crippen molar-refractivity contribution in [1.82, 2.24) is 0 Å². The summed E-state index contributed by atoms with van der Waals surface area (Å²) in [4.78, 5) is 10.1. The van der Waals surface area contributed by atoms with Gasteiger partial charge in [-0.05, 0) is 13.3 Å². The van der Waals surface area contributed by atoms with Gasteiger partial charge in [0.05, 0.1) is 6.42 Å². The quantitative estimate of drug-likeness (QED) is 0.631. The Morgan fingerprint density at radius 1 is 1.55 bits per heavy atom. The topological polar surface area (TPSA) is 37.3 Å². The molecule has 0 fully saturated rings. The zero-order valence-corrected chi connectivity index (χ0v) is 7.00. The molecule has 2 nitrogen and oxygen atoms in total. The van der Waals surface area contributed by atoms with Crippen molar-refractivity contribution in [3.05, 3.63) is 23.8 Å². The molecule has 0 spiro atoms. The maximum absolute atomic E-state index is 10.1. The molecule has 0 aliphatic rings. The van der Waals surface area contributed by atoms with E-state index in [1.54, 1.807) is 6.08 Å². The molecular weight excluding hydrogens is 140 g/mol. The monoisotopic (exact) mass is 154 g/mol. The molecule has 0 heterocycles. The highest BCUT2D eigenvalue weighted by Gasteiger charge is 1.88. The largest absolute Gasteiger partial charge is 0.481 e. The summed E-state index contributed by atoms with van der Waals surface area (Å²) in [7, 11) is 0. The van der Waals surface area contributed by atoms with Gasteiger partial charge in [-0.25, -0.2) is 0 Å². The molecule has 0 radical (unpaired) electrons. The Bertz CT molecular complexity index is 178. The molecule has 1 N–H and O–H groups in total. The van der Waals surface area contributed by atoms with Crippen LogP contribution in [0.3, 0.4) is 0 Å². The molecule has 0 aliphatic carbocycles. The number of carboxylic acid groups (broad SMARTS) is 1. The fourth-order valence-electron chi connectivity index (χ4n) is 0.736. The molecule has 0 aliphatic heterocycles. The van der Waals surface area contributed by atoms with Crippen molar-refractivity contribution < 1.29 is 9.90 Å². The minimum atomic E-state index is -0.787. The second-order valence-electron chi connectivity index (χ2n) is 2.36. The Balaban J connectivity index is 3.74. The van der Waals surface area contributed by atoms with Crippen LogP contribution >= 0.6 is 0 Å². The van der Waals surface area contributed by atoms with Gasteiger partial charge in [0.25, 0.3) is 0 Å². The molecule has 0 aromatic rings. The lowest BCUT2D eigenvalue weighted by molar-refractivity contribution is -0.135.